The molecule has 1 heterocycles. The van der Waals surface area contributed by atoms with Gasteiger partial charge in [0.05, 0.1) is 0 Å². The normalized spacial score (nSPS) is 16.6. The van der Waals surface area contributed by atoms with Crippen molar-refractivity contribution in [3.05, 3.63) is 11.9 Å². The van der Waals surface area contributed by atoms with Crippen molar-refractivity contribution in [2.24, 2.45) is 11.3 Å². The molecule has 1 fully saturated rings. The number of nitrogens with one attached hydrogen (secondary N) is 2. The molecule has 4 N–H and O–H groups in total. The Balaban J connectivity index is 1.97. The summed E-state index contributed by atoms with van der Waals surface area (Å²) in [7, 11) is 0. The van der Waals surface area contributed by atoms with Gasteiger partial charge < -0.3 is 10.7 Å². The largest absolute Gasteiger partial charge is 0.369 e. The molecule has 5 nitrogen and oxygen atoms in total. The van der Waals surface area contributed by atoms with Crippen molar-refractivity contribution in [2.75, 3.05) is 17.3 Å². The molecular weight excluding hydrogens is 214 g/mol. The van der Waals surface area contributed by atoms with Crippen LogP contribution in [0, 0.1) is 12.3 Å². The average molecular weight is 235 g/mol. The van der Waals surface area contributed by atoms with Crippen LogP contribution >= 0.6 is 0 Å². The maximum Gasteiger partial charge on any atom is 0.145 e. The molecule has 0 bridgehead atoms. The Bertz CT molecular complexity index is 386. The van der Waals surface area contributed by atoms with Crippen LogP contribution in [-0.4, -0.2) is 16.5 Å². The predicted molar refractivity (Wildman–Crippen MR) is 69.6 cm³/mol. The third-order valence-corrected chi connectivity index (χ3v) is 3.37. The first kappa shape index (κ1) is 12.1. The van der Waals surface area contributed by atoms with E-state index in [9.17, 15) is 0 Å². The van der Waals surface area contributed by atoms with E-state index in [0.29, 0.717) is 11.2 Å². The lowest BCUT2D eigenvalue weighted by Crippen LogP contribution is -2.17. The lowest BCUT2D eigenvalue weighted by atomic mass is 10.0. The highest BCUT2D eigenvalue weighted by atomic mass is 15.3. The number of nitrogens with two attached hydrogens (primary N) is 1. The van der Waals surface area contributed by atoms with Crippen LogP contribution in [0.4, 0.5) is 11.6 Å². The molecule has 0 amide bonds. The van der Waals surface area contributed by atoms with E-state index in [-0.39, 0.29) is 0 Å². The molecule has 17 heavy (non-hydrogen) atoms. The van der Waals surface area contributed by atoms with E-state index >= 15 is 0 Å². The summed E-state index contributed by atoms with van der Waals surface area (Å²) in [5.41, 5.74) is 3.07. The van der Waals surface area contributed by atoms with Gasteiger partial charge in [0, 0.05) is 12.6 Å². The predicted octanol–water partition coefficient (Wildman–Crippen LogP) is 2.06. The third-order valence-electron chi connectivity index (χ3n) is 3.37. The van der Waals surface area contributed by atoms with Crippen LogP contribution in [0.25, 0.3) is 0 Å². The minimum Gasteiger partial charge on any atom is -0.369 e. The number of hydrogen-bond donors (Lipinski definition) is 3. The van der Waals surface area contributed by atoms with Crippen molar-refractivity contribution >= 4 is 11.6 Å². The van der Waals surface area contributed by atoms with Crippen LogP contribution in [0.1, 0.15) is 38.4 Å². The van der Waals surface area contributed by atoms with Crippen LogP contribution in [0.15, 0.2) is 6.07 Å². The van der Waals surface area contributed by atoms with E-state index < -0.39 is 0 Å². The zero-order valence-corrected chi connectivity index (χ0v) is 10.6. The molecule has 0 unspecified atom stereocenters. The highest BCUT2D eigenvalue weighted by molar-refractivity contribution is 5.47. The number of aromatic nitrogens is 2. The number of nitrogens with zero attached hydrogens (tertiary/aromatic N) is 2. The minimum atomic E-state index is 0.518. The number of rotatable bonds is 6. The van der Waals surface area contributed by atoms with E-state index in [2.05, 4.69) is 27.6 Å². The van der Waals surface area contributed by atoms with Crippen LogP contribution in [0.3, 0.4) is 0 Å². The van der Waals surface area contributed by atoms with E-state index in [0.717, 1.165) is 18.2 Å². The Kier molecular flexibility index (Phi) is 3.47. The van der Waals surface area contributed by atoms with E-state index in [1.165, 1.54) is 25.7 Å². The van der Waals surface area contributed by atoms with Crippen LogP contribution in [0.5, 0.6) is 0 Å². The number of aryl methyl sites for hydroxylation is 1. The van der Waals surface area contributed by atoms with Gasteiger partial charge in [-0.05, 0) is 31.6 Å². The first-order valence-corrected chi connectivity index (χ1v) is 6.24. The Morgan fingerprint density at radius 1 is 1.35 bits per heavy atom. The van der Waals surface area contributed by atoms with Gasteiger partial charge in [-0.25, -0.2) is 15.8 Å². The number of hydrogen-bond acceptors (Lipinski definition) is 5. The zero-order chi connectivity index (χ0) is 12.3. The molecule has 0 atom stereocenters. The molecule has 1 saturated carbocycles. The molecule has 1 aromatic rings. The van der Waals surface area contributed by atoms with Gasteiger partial charge in [-0.15, -0.1) is 0 Å². The fourth-order valence-electron chi connectivity index (χ4n) is 2.23. The molecule has 1 aliphatic carbocycles. The van der Waals surface area contributed by atoms with Gasteiger partial charge in [0.25, 0.3) is 0 Å². The van der Waals surface area contributed by atoms with E-state index in [1.54, 1.807) is 0 Å². The van der Waals surface area contributed by atoms with Gasteiger partial charge in [0.15, 0.2) is 0 Å². The minimum absolute atomic E-state index is 0.518. The van der Waals surface area contributed by atoms with E-state index in [1.807, 2.05) is 13.0 Å². The molecule has 1 aromatic heterocycles. The van der Waals surface area contributed by atoms with Crippen molar-refractivity contribution in [2.45, 2.75) is 39.5 Å². The number of anilines is 2. The van der Waals surface area contributed by atoms with Gasteiger partial charge in [-0.1, -0.05) is 13.3 Å². The van der Waals surface area contributed by atoms with Crippen LogP contribution in [0.2, 0.25) is 0 Å². The average Bonchev–Trinajstić information content (AvgIpc) is 3.07. The Hall–Kier alpha value is -1.36. The van der Waals surface area contributed by atoms with Gasteiger partial charge >= 0.3 is 0 Å². The van der Waals surface area contributed by atoms with Crippen molar-refractivity contribution in [3.63, 3.8) is 0 Å². The second kappa shape index (κ2) is 4.87. The van der Waals surface area contributed by atoms with Crippen molar-refractivity contribution < 1.29 is 0 Å². The van der Waals surface area contributed by atoms with Crippen molar-refractivity contribution in [1.29, 1.82) is 0 Å². The summed E-state index contributed by atoms with van der Waals surface area (Å²) in [5.74, 6) is 7.59. The lowest BCUT2D eigenvalue weighted by Gasteiger charge is -2.15. The molecule has 2 rings (SSSR count). The highest BCUT2D eigenvalue weighted by Gasteiger charge is 2.41. The summed E-state index contributed by atoms with van der Waals surface area (Å²) >= 11 is 0. The molecule has 1 aliphatic rings. The molecule has 0 radical (unpaired) electrons. The zero-order valence-electron chi connectivity index (χ0n) is 10.6. The summed E-state index contributed by atoms with van der Waals surface area (Å²) in [6, 6.07) is 1.84. The molecule has 94 valence electrons. The third kappa shape index (κ3) is 3.06. The quantitative estimate of drug-likeness (QED) is 0.520. The topological polar surface area (TPSA) is 75.9 Å². The maximum atomic E-state index is 5.36. The SMILES string of the molecule is CCCC1(CNc2cc(NN)nc(C)n2)CC1. The Morgan fingerprint density at radius 2 is 2.06 bits per heavy atom. The van der Waals surface area contributed by atoms with Gasteiger partial charge in [-0.3, -0.25) is 0 Å². The molecule has 0 spiro atoms. The second-order valence-corrected chi connectivity index (χ2v) is 4.93. The molecule has 5 heteroatoms. The lowest BCUT2D eigenvalue weighted by molar-refractivity contribution is 0.485. The van der Waals surface area contributed by atoms with Crippen LogP contribution < -0.4 is 16.6 Å². The van der Waals surface area contributed by atoms with Crippen LogP contribution in [-0.2, 0) is 0 Å². The monoisotopic (exact) mass is 235 g/mol. The summed E-state index contributed by atoms with van der Waals surface area (Å²) in [6.07, 6.45) is 5.21. The van der Waals surface area contributed by atoms with Gasteiger partial charge in [-0.2, -0.15) is 0 Å². The molecule has 0 saturated heterocycles. The standard InChI is InChI=1S/C12H21N5/c1-3-4-12(5-6-12)8-14-10-7-11(17-13)16-9(2)15-10/h7H,3-6,8,13H2,1-2H3,(H2,14,15,16,17). The molecule has 0 aromatic carbocycles. The van der Waals surface area contributed by atoms with Gasteiger partial charge in [0.1, 0.15) is 17.5 Å². The first-order valence-electron chi connectivity index (χ1n) is 6.24. The fraction of sp³-hybridized carbons (Fsp3) is 0.667. The number of nitrogen functional groups attached to an aromatic ring is 1. The van der Waals surface area contributed by atoms with Crippen molar-refractivity contribution in [3.8, 4) is 0 Å². The van der Waals surface area contributed by atoms with Crippen molar-refractivity contribution in [1.82, 2.24) is 9.97 Å². The Morgan fingerprint density at radius 3 is 2.65 bits per heavy atom. The summed E-state index contributed by atoms with van der Waals surface area (Å²) in [6.45, 7) is 5.11. The highest BCUT2D eigenvalue weighted by Crippen LogP contribution is 2.49. The number of hydrazine groups is 1. The molecular formula is C12H21N5. The molecule has 0 aliphatic heterocycles. The van der Waals surface area contributed by atoms with Gasteiger partial charge in [0.2, 0.25) is 0 Å². The summed E-state index contributed by atoms with van der Waals surface area (Å²) in [5, 5.41) is 3.40. The summed E-state index contributed by atoms with van der Waals surface area (Å²) < 4.78 is 0. The first-order chi connectivity index (χ1) is 8.17. The summed E-state index contributed by atoms with van der Waals surface area (Å²) in [4.78, 5) is 8.52. The smallest absolute Gasteiger partial charge is 0.145 e. The fourth-order valence-corrected chi connectivity index (χ4v) is 2.23. The van der Waals surface area contributed by atoms with E-state index in [4.69, 9.17) is 5.84 Å². The second-order valence-electron chi connectivity index (χ2n) is 4.93. The Labute approximate surface area is 102 Å². The maximum absolute atomic E-state index is 5.36.